The van der Waals surface area contributed by atoms with Crippen molar-refractivity contribution in [1.82, 2.24) is 0 Å². The Morgan fingerprint density at radius 1 is 1.12 bits per heavy atom. The van der Waals surface area contributed by atoms with Crippen molar-refractivity contribution in [2.75, 3.05) is 25.0 Å². The summed E-state index contributed by atoms with van der Waals surface area (Å²) in [5.41, 5.74) is 1.10. The number of halogens is 2. The molecule has 0 saturated heterocycles. The Morgan fingerprint density at radius 2 is 1.75 bits per heavy atom. The normalized spacial score (nSPS) is 11.7. The summed E-state index contributed by atoms with van der Waals surface area (Å²) in [5.74, 6) is 1.04. The number of ether oxygens (including phenoxy) is 1. The van der Waals surface area contributed by atoms with Crippen molar-refractivity contribution < 1.29 is 4.74 Å². The van der Waals surface area contributed by atoms with Gasteiger partial charge in [0, 0.05) is 23.8 Å². The average Bonchev–Trinajstić information content (AvgIpc) is 2.36. The van der Waals surface area contributed by atoms with E-state index < -0.39 is 0 Å². The lowest BCUT2D eigenvalue weighted by molar-refractivity contribution is 0.0746. The molecule has 1 aromatic rings. The maximum Gasteiger partial charge on any atom is 0.0548 e. The molecular weight excluding hydrogens is 243 g/mol. The summed E-state index contributed by atoms with van der Waals surface area (Å²) in [6.07, 6.45) is 0.862. The predicted octanol–water partition coefficient (Wildman–Crippen LogP) is 3.73. The summed E-state index contributed by atoms with van der Waals surface area (Å²) in [4.78, 5) is 0. The molecule has 16 heavy (non-hydrogen) atoms. The van der Waals surface area contributed by atoms with Crippen LogP contribution in [0, 0.1) is 5.41 Å². The monoisotopic (exact) mass is 260 g/mol. The summed E-state index contributed by atoms with van der Waals surface area (Å²) >= 11 is 12.1. The fourth-order valence-electron chi connectivity index (χ4n) is 1.61. The Balaban J connectivity index is 2.70. The molecule has 3 heteroatoms. The molecule has 0 N–H and O–H groups in total. The van der Waals surface area contributed by atoms with Crippen molar-refractivity contribution in [2.24, 2.45) is 5.41 Å². The first kappa shape index (κ1) is 13.8. The van der Waals surface area contributed by atoms with Crippen molar-refractivity contribution in [2.45, 2.75) is 13.3 Å². The minimum atomic E-state index is -0.152. The van der Waals surface area contributed by atoms with Crippen molar-refractivity contribution in [3.05, 3.63) is 35.9 Å². The van der Waals surface area contributed by atoms with E-state index in [1.165, 1.54) is 5.56 Å². The van der Waals surface area contributed by atoms with E-state index in [4.69, 9.17) is 27.9 Å². The summed E-state index contributed by atoms with van der Waals surface area (Å²) in [5, 5.41) is 0. The van der Waals surface area contributed by atoms with E-state index in [0.29, 0.717) is 25.0 Å². The molecule has 1 aromatic carbocycles. The lowest BCUT2D eigenvalue weighted by Gasteiger charge is -2.29. The predicted molar refractivity (Wildman–Crippen MR) is 70.5 cm³/mol. The van der Waals surface area contributed by atoms with Crippen LogP contribution in [0.3, 0.4) is 0 Å². The van der Waals surface area contributed by atoms with Gasteiger partial charge in [-0.25, -0.2) is 0 Å². The van der Waals surface area contributed by atoms with E-state index in [1.54, 1.807) is 0 Å². The van der Waals surface area contributed by atoms with Gasteiger partial charge in [0.1, 0.15) is 0 Å². The topological polar surface area (TPSA) is 9.23 Å². The van der Waals surface area contributed by atoms with Gasteiger partial charge in [-0.2, -0.15) is 0 Å². The number of rotatable bonds is 7. The first-order valence-corrected chi connectivity index (χ1v) is 6.57. The van der Waals surface area contributed by atoms with Crippen molar-refractivity contribution in [3.8, 4) is 0 Å². The highest BCUT2D eigenvalue weighted by atomic mass is 35.5. The highest BCUT2D eigenvalue weighted by molar-refractivity contribution is 6.21. The fraction of sp³-hybridized carbons (Fsp3) is 0.538. The fourth-order valence-corrected chi connectivity index (χ4v) is 2.23. The van der Waals surface area contributed by atoms with Crippen LogP contribution in [0.15, 0.2) is 30.3 Å². The van der Waals surface area contributed by atoms with E-state index in [1.807, 2.05) is 25.1 Å². The third-order valence-electron chi connectivity index (χ3n) is 2.60. The zero-order valence-electron chi connectivity index (χ0n) is 9.59. The standard InChI is InChI=1S/C13H18Cl2O/c1-2-16-11-13(9-14,10-15)8-12-6-4-3-5-7-12/h3-7H,2,8-11H2,1H3. The van der Waals surface area contributed by atoms with E-state index in [-0.39, 0.29) is 5.41 Å². The lowest BCUT2D eigenvalue weighted by Crippen LogP contribution is -2.33. The number of hydrogen-bond acceptors (Lipinski definition) is 1. The molecule has 0 bridgehead atoms. The van der Waals surface area contributed by atoms with Crippen LogP contribution in [0.25, 0.3) is 0 Å². The molecule has 0 saturated carbocycles. The molecule has 0 atom stereocenters. The quantitative estimate of drug-likeness (QED) is 0.679. The SMILES string of the molecule is CCOCC(CCl)(CCl)Cc1ccccc1. The van der Waals surface area contributed by atoms with Gasteiger partial charge in [0.05, 0.1) is 6.61 Å². The van der Waals surface area contributed by atoms with E-state index in [0.717, 1.165) is 6.42 Å². The van der Waals surface area contributed by atoms with Crippen LogP contribution in [-0.4, -0.2) is 25.0 Å². The Bertz CT molecular complexity index is 283. The van der Waals surface area contributed by atoms with Crippen molar-refractivity contribution in [1.29, 1.82) is 0 Å². The van der Waals surface area contributed by atoms with Crippen molar-refractivity contribution in [3.63, 3.8) is 0 Å². The number of benzene rings is 1. The molecule has 0 aliphatic heterocycles. The molecule has 0 unspecified atom stereocenters. The Kier molecular flexibility index (Phi) is 6.18. The van der Waals surface area contributed by atoms with Gasteiger partial charge >= 0.3 is 0 Å². The van der Waals surface area contributed by atoms with Crippen LogP contribution in [0.1, 0.15) is 12.5 Å². The van der Waals surface area contributed by atoms with Crippen LogP contribution in [-0.2, 0) is 11.2 Å². The minimum absolute atomic E-state index is 0.152. The minimum Gasteiger partial charge on any atom is -0.381 e. The van der Waals surface area contributed by atoms with Gasteiger partial charge in [0.2, 0.25) is 0 Å². The molecule has 0 aliphatic carbocycles. The van der Waals surface area contributed by atoms with Crippen LogP contribution in [0.5, 0.6) is 0 Å². The molecule has 1 rings (SSSR count). The maximum absolute atomic E-state index is 6.05. The molecule has 0 fully saturated rings. The molecule has 0 spiro atoms. The third-order valence-corrected chi connectivity index (χ3v) is 3.74. The van der Waals surface area contributed by atoms with Gasteiger partial charge in [-0.3, -0.25) is 0 Å². The molecule has 90 valence electrons. The average molecular weight is 261 g/mol. The van der Waals surface area contributed by atoms with Gasteiger partial charge in [-0.1, -0.05) is 30.3 Å². The zero-order valence-corrected chi connectivity index (χ0v) is 11.1. The van der Waals surface area contributed by atoms with Gasteiger partial charge in [0.15, 0.2) is 0 Å². The van der Waals surface area contributed by atoms with Gasteiger partial charge in [-0.15, -0.1) is 23.2 Å². The van der Waals surface area contributed by atoms with Crippen LogP contribution < -0.4 is 0 Å². The first-order valence-electron chi connectivity index (χ1n) is 5.50. The van der Waals surface area contributed by atoms with Gasteiger partial charge in [-0.05, 0) is 18.9 Å². The second kappa shape index (κ2) is 7.16. The number of alkyl halides is 2. The van der Waals surface area contributed by atoms with Crippen LogP contribution in [0.4, 0.5) is 0 Å². The second-order valence-corrected chi connectivity index (χ2v) is 4.60. The van der Waals surface area contributed by atoms with E-state index >= 15 is 0 Å². The first-order chi connectivity index (χ1) is 7.76. The summed E-state index contributed by atoms with van der Waals surface area (Å²) in [6, 6.07) is 10.3. The van der Waals surface area contributed by atoms with Gasteiger partial charge in [0.25, 0.3) is 0 Å². The second-order valence-electron chi connectivity index (χ2n) is 4.07. The zero-order chi connectivity index (χ0) is 11.9. The van der Waals surface area contributed by atoms with E-state index in [2.05, 4.69) is 12.1 Å². The summed E-state index contributed by atoms with van der Waals surface area (Å²) < 4.78 is 5.48. The lowest BCUT2D eigenvalue weighted by atomic mass is 9.86. The Morgan fingerprint density at radius 3 is 2.25 bits per heavy atom. The summed E-state index contributed by atoms with van der Waals surface area (Å²) in [6.45, 7) is 3.30. The van der Waals surface area contributed by atoms with Crippen molar-refractivity contribution >= 4 is 23.2 Å². The molecule has 0 amide bonds. The number of hydrogen-bond donors (Lipinski definition) is 0. The summed E-state index contributed by atoms with van der Waals surface area (Å²) in [7, 11) is 0. The highest BCUT2D eigenvalue weighted by Gasteiger charge is 2.29. The molecule has 0 aliphatic rings. The smallest absolute Gasteiger partial charge is 0.0548 e. The van der Waals surface area contributed by atoms with E-state index in [9.17, 15) is 0 Å². The Hall–Kier alpha value is -0.240. The largest absolute Gasteiger partial charge is 0.381 e. The van der Waals surface area contributed by atoms with Crippen LogP contribution >= 0.6 is 23.2 Å². The van der Waals surface area contributed by atoms with Gasteiger partial charge < -0.3 is 4.74 Å². The Labute approximate surface area is 108 Å². The molecular formula is C13H18Cl2O. The third kappa shape index (κ3) is 3.97. The van der Waals surface area contributed by atoms with Crippen LogP contribution in [0.2, 0.25) is 0 Å². The highest BCUT2D eigenvalue weighted by Crippen LogP contribution is 2.27. The maximum atomic E-state index is 6.05. The molecule has 0 radical (unpaired) electrons. The molecule has 1 nitrogen and oxygen atoms in total. The molecule has 0 aromatic heterocycles. The molecule has 0 heterocycles.